The van der Waals surface area contributed by atoms with E-state index in [9.17, 15) is 9.59 Å². The minimum atomic E-state index is -0.386. The molecule has 8 nitrogen and oxygen atoms in total. The summed E-state index contributed by atoms with van der Waals surface area (Å²) in [6.45, 7) is 5.89. The largest absolute Gasteiger partial charge is 0.354 e. The lowest BCUT2D eigenvalue weighted by Crippen LogP contribution is -2.43. The van der Waals surface area contributed by atoms with Crippen molar-refractivity contribution in [3.63, 3.8) is 0 Å². The number of piperidine rings is 1. The molecule has 8 heteroatoms. The Morgan fingerprint density at radius 2 is 2.08 bits per heavy atom. The number of carbonyl (C=O) groups is 1. The SMILES string of the molecule is Cc1cc(C)n(CC(=O)NC[C@@H]2CCCN(c3ncccn3)C2)c(=O)n1. The second-order valence-electron chi connectivity index (χ2n) is 6.71. The Labute approximate surface area is 152 Å². The fourth-order valence-corrected chi connectivity index (χ4v) is 3.29. The third kappa shape index (κ3) is 4.44. The minimum absolute atomic E-state index is 0.00379. The standard InChI is InChI=1S/C18H24N6O2/c1-13-9-14(2)24(18(26)22-13)12-16(25)21-10-15-5-3-8-23(11-15)17-19-6-4-7-20-17/h4,6-7,9,15H,3,5,8,10-12H2,1-2H3,(H,21,25)/t15-/m0/s1. The van der Waals surface area contributed by atoms with Gasteiger partial charge in [0.2, 0.25) is 11.9 Å². The van der Waals surface area contributed by atoms with Crippen LogP contribution in [0.3, 0.4) is 0 Å². The number of hydrogen-bond acceptors (Lipinski definition) is 6. The summed E-state index contributed by atoms with van der Waals surface area (Å²) in [7, 11) is 0. The van der Waals surface area contributed by atoms with Crippen molar-refractivity contribution in [3.05, 3.63) is 46.4 Å². The van der Waals surface area contributed by atoms with Gasteiger partial charge < -0.3 is 10.2 Å². The van der Waals surface area contributed by atoms with Gasteiger partial charge in [0, 0.05) is 43.4 Å². The van der Waals surface area contributed by atoms with E-state index in [0.717, 1.165) is 37.6 Å². The molecule has 1 atom stereocenters. The molecule has 1 amide bonds. The van der Waals surface area contributed by atoms with Crippen LogP contribution >= 0.6 is 0 Å². The maximum Gasteiger partial charge on any atom is 0.348 e. The number of nitrogens with one attached hydrogen (secondary N) is 1. The van der Waals surface area contributed by atoms with Gasteiger partial charge in [0.25, 0.3) is 0 Å². The Hall–Kier alpha value is -2.77. The van der Waals surface area contributed by atoms with Crippen molar-refractivity contribution in [2.75, 3.05) is 24.5 Å². The average molecular weight is 356 g/mol. The normalized spacial score (nSPS) is 17.2. The van der Waals surface area contributed by atoms with Crippen LogP contribution in [-0.4, -0.2) is 45.1 Å². The summed E-state index contributed by atoms with van der Waals surface area (Å²) >= 11 is 0. The van der Waals surface area contributed by atoms with Gasteiger partial charge in [-0.25, -0.2) is 14.8 Å². The Bertz CT molecular complexity index is 820. The summed E-state index contributed by atoms with van der Waals surface area (Å²) < 4.78 is 1.40. The lowest BCUT2D eigenvalue weighted by atomic mass is 9.98. The van der Waals surface area contributed by atoms with Gasteiger partial charge >= 0.3 is 5.69 Å². The Morgan fingerprint density at radius 3 is 2.81 bits per heavy atom. The monoisotopic (exact) mass is 356 g/mol. The summed E-state index contributed by atoms with van der Waals surface area (Å²) in [5, 5.41) is 2.95. The number of anilines is 1. The van der Waals surface area contributed by atoms with Crippen LogP contribution in [0.1, 0.15) is 24.2 Å². The number of aromatic nitrogens is 4. The summed E-state index contributed by atoms with van der Waals surface area (Å²) in [5.74, 6) is 0.899. The van der Waals surface area contributed by atoms with Crippen molar-refractivity contribution in [3.8, 4) is 0 Å². The molecule has 3 heterocycles. The first-order chi connectivity index (χ1) is 12.5. The van der Waals surface area contributed by atoms with Gasteiger partial charge in [-0.1, -0.05) is 0 Å². The second kappa shape index (κ2) is 8.07. The first-order valence-corrected chi connectivity index (χ1v) is 8.86. The van der Waals surface area contributed by atoms with Gasteiger partial charge in [0.1, 0.15) is 6.54 Å². The highest BCUT2D eigenvalue weighted by molar-refractivity contribution is 5.75. The molecular weight excluding hydrogens is 332 g/mol. The molecule has 0 aliphatic carbocycles. The predicted molar refractivity (Wildman–Crippen MR) is 97.9 cm³/mol. The van der Waals surface area contributed by atoms with Crippen molar-refractivity contribution in [1.82, 2.24) is 24.8 Å². The molecular formula is C18H24N6O2. The molecule has 0 saturated carbocycles. The lowest BCUT2D eigenvalue weighted by Gasteiger charge is -2.32. The fourth-order valence-electron chi connectivity index (χ4n) is 3.29. The maximum absolute atomic E-state index is 12.3. The van der Waals surface area contributed by atoms with Gasteiger partial charge in [-0.2, -0.15) is 4.98 Å². The Kier molecular flexibility index (Phi) is 5.60. The van der Waals surface area contributed by atoms with Gasteiger partial charge in [-0.15, -0.1) is 0 Å². The number of nitrogens with zero attached hydrogens (tertiary/aromatic N) is 5. The minimum Gasteiger partial charge on any atom is -0.354 e. The number of rotatable bonds is 5. The third-order valence-electron chi connectivity index (χ3n) is 4.59. The molecule has 0 spiro atoms. The number of carbonyl (C=O) groups excluding carboxylic acids is 1. The molecule has 0 aromatic carbocycles. The smallest absolute Gasteiger partial charge is 0.348 e. The summed E-state index contributed by atoms with van der Waals surface area (Å²) in [6, 6.07) is 3.60. The van der Waals surface area contributed by atoms with E-state index in [1.54, 1.807) is 31.5 Å². The van der Waals surface area contributed by atoms with E-state index in [-0.39, 0.29) is 18.1 Å². The van der Waals surface area contributed by atoms with Crippen LogP contribution in [0.15, 0.2) is 29.3 Å². The van der Waals surface area contributed by atoms with Gasteiger partial charge in [-0.3, -0.25) is 9.36 Å². The van der Waals surface area contributed by atoms with Crippen LogP contribution in [0, 0.1) is 19.8 Å². The summed E-state index contributed by atoms with van der Waals surface area (Å²) in [5.41, 5.74) is 1.01. The molecule has 1 saturated heterocycles. The van der Waals surface area contributed by atoms with Crippen molar-refractivity contribution in [2.24, 2.45) is 5.92 Å². The number of amides is 1. The zero-order chi connectivity index (χ0) is 18.5. The Balaban J connectivity index is 1.54. The zero-order valence-electron chi connectivity index (χ0n) is 15.2. The van der Waals surface area contributed by atoms with Gasteiger partial charge in [0.05, 0.1) is 0 Å². The van der Waals surface area contributed by atoms with Crippen LogP contribution in [0.4, 0.5) is 5.95 Å². The topological polar surface area (TPSA) is 93.0 Å². The highest BCUT2D eigenvalue weighted by Crippen LogP contribution is 2.19. The zero-order valence-corrected chi connectivity index (χ0v) is 15.2. The fraction of sp³-hybridized carbons (Fsp3) is 0.500. The average Bonchev–Trinajstić information content (AvgIpc) is 2.64. The highest BCUT2D eigenvalue weighted by atomic mass is 16.2. The summed E-state index contributed by atoms with van der Waals surface area (Å²) in [6.07, 6.45) is 5.57. The highest BCUT2D eigenvalue weighted by Gasteiger charge is 2.22. The van der Waals surface area contributed by atoms with Crippen molar-refractivity contribution in [1.29, 1.82) is 0 Å². The van der Waals surface area contributed by atoms with E-state index < -0.39 is 0 Å². The van der Waals surface area contributed by atoms with E-state index in [1.807, 2.05) is 6.92 Å². The molecule has 138 valence electrons. The molecule has 0 unspecified atom stereocenters. The first kappa shape index (κ1) is 18.0. The van der Waals surface area contributed by atoms with E-state index in [0.29, 0.717) is 18.2 Å². The van der Waals surface area contributed by atoms with E-state index >= 15 is 0 Å². The number of hydrogen-bond donors (Lipinski definition) is 1. The van der Waals surface area contributed by atoms with Gasteiger partial charge in [0.15, 0.2) is 0 Å². The molecule has 1 fully saturated rings. The van der Waals surface area contributed by atoms with Crippen LogP contribution in [-0.2, 0) is 11.3 Å². The van der Waals surface area contributed by atoms with Crippen molar-refractivity contribution in [2.45, 2.75) is 33.2 Å². The van der Waals surface area contributed by atoms with Crippen molar-refractivity contribution < 1.29 is 4.79 Å². The maximum atomic E-state index is 12.3. The molecule has 1 aliphatic heterocycles. The van der Waals surface area contributed by atoms with Gasteiger partial charge in [-0.05, 0) is 44.7 Å². The molecule has 2 aromatic heterocycles. The summed E-state index contributed by atoms with van der Waals surface area (Å²) in [4.78, 5) is 38.8. The Morgan fingerprint density at radius 1 is 1.31 bits per heavy atom. The molecule has 3 rings (SSSR count). The third-order valence-corrected chi connectivity index (χ3v) is 4.59. The second-order valence-corrected chi connectivity index (χ2v) is 6.71. The van der Waals surface area contributed by atoms with Crippen LogP contribution in [0.2, 0.25) is 0 Å². The molecule has 2 aromatic rings. The van der Waals surface area contributed by atoms with Crippen molar-refractivity contribution >= 4 is 11.9 Å². The molecule has 1 aliphatic rings. The van der Waals surface area contributed by atoms with Crippen LogP contribution < -0.4 is 15.9 Å². The van der Waals surface area contributed by atoms with Crippen LogP contribution in [0.5, 0.6) is 0 Å². The number of aryl methyl sites for hydroxylation is 2. The van der Waals surface area contributed by atoms with E-state index in [1.165, 1.54) is 4.57 Å². The molecule has 1 N–H and O–H groups in total. The van der Waals surface area contributed by atoms with E-state index in [4.69, 9.17) is 0 Å². The first-order valence-electron chi connectivity index (χ1n) is 8.86. The molecule has 0 radical (unpaired) electrons. The molecule has 26 heavy (non-hydrogen) atoms. The van der Waals surface area contributed by atoms with Crippen LogP contribution in [0.25, 0.3) is 0 Å². The lowest BCUT2D eigenvalue weighted by molar-refractivity contribution is -0.122. The molecule has 0 bridgehead atoms. The van der Waals surface area contributed by atoms with E-state index in [2.05, 4.69) is 25.2 Å². The quantitative estimate of drug-likeness (QED) is 0.847. The predicted octanol–water partition coefficient (Wildman–Crippen LogP) is 0.683.